The minimum absolute atomic E-state index is 0. The number of hydrogen-bond acceptors (Lipinski definition) is 4. The Morgan fingerprint density at radius 1 is 1.11 bits per heavy atom. The quantitative estimate of drug-likeness (QED) is 0.436. The van der Waals surface area contributed by atoms with E-state index in [1.165, 1.54) is 0 Å². The third-order valence-corrected chi connectivity index (χ3v) is 5.07. The van der Waals surface area contributed by atoms with Crippen LogP contribution >= 0.6 is 24.0 Å². The van der Waals surface area contributed by atoms with E-state index in [4.69, 9.17) is 21.7 Å². The summed E-state index contributed by atoms with van der Waals surface area (Å²) in [6.07, 6.45) is 2.44. The SMILES string of the molecule is Cc1cccc(Cc2nc3n(n2)Cc2c(C)ncn2-c2ccc(Cl)cc2-3)n1.Cl. The molecule has 1 aliphatic rings. The first-order valence-corrected chi connectivity index (χ1v) is 9.15. The monoisotopic (exact) mass is 412 g/mol. The van der Waals surface area contributed by atoms with Gasteiger partial charge in [-0.1, -0.05) is 17.7 Å². The van der Waals surface area contributed by atoms with Crippen molar-refractivity contribution in [2.45, 2.75) is 26.8 Å². The Kier molecular flexibility index (Phi) is 4.69. The first-order chi connectivity index (χ1) is 13.1. The van der Waals surface area contributed by atoms with Crippen LogP contribution in [0.25, 0.3) is 17.1 Å². The molecule has 1 aliphatic heterocycles. The normalized spacial score (nSPS) is 11.8. The highest BCUT2D eigenvalue weighted by atomic mass is 35.5. The lowest BCUT2D eigenvalue weighted by atomic mass is 10.1. The Labute approximate surface area is 173 Å². The number of imidazole rings is 1. The second-order valence-electron chi connectivity index (χ2n) is 6.76. The maximum absolute atomic E-state index is 6.29. The predicted octanol–water partition coefficient (Wildman–Crippen LogP) is 4.17. The fraction of sp³-hybridized carbons (Fsp3) is 0.200. The van der Waals surface area contributed by atoms with Gasteiger partial charge in [-0.05, 0) is 44.2 Å². The highest BCUT2D eigenvalue weighted by Gasteiger charge is 2.24. The Morgan fingerprint density at radius 2 is 1.96 bits per heavy atom. The van der Waals surface area contributed by atoms with Gasteiger partial charge >= 0.3 is 0 Å². The van der Waals surface area contributed by atoms with Crippen molar-refractivity contribution >= 4 is 24.0 Å². The number of pyridine rings is 1. The van der Waals surface area contributed by atoms with Gasteiger partial charge in [0.2, 0.25) is 0 Å². The second kappa shape index (κ2) is 7.04. The number of fused-ring (bicyclic) bond motifs is 5. The molecule has 142 valence electrons. The van der Waals surface area contributed by atoms with Crippen LogP contribution in [0.1, 0.15) is 28.6 Å². The molecule has 3 aromatic heterocycles. The number of hydrogen-bond donors (Lipinski definition) is 0. The van der Waals surface area contributed by atoms with E-state index in [0.717, 1.165) is 45.7 Å². The first-order valence-electron chi connectivity index (χ1n) is 8.78. The summed E-state index contributed by atoms with van der Waals surface area (Å²) < 4.78 is 4.03. The van der Waals surface area contributed by atoms with Crippen molar-refractivity contribution < 1.29 is 0 Å². The largest absolute Gasteiger partial charge is 0.300 e. The molecule has 0 radical (unpaired) electrons. The zero-order valence-electron chi connectivity index (χ0n) is 15.4. The molecule has 0 aliphatic carbocycles. The lowest BCUT2D eigenvalue weighted by Crippen LogP contribution is -2.06. The molecular weight excluding hydrogens is 395 g/mol. The van der Waals surface area contributed by atoms with Crippen molar-refractivity contribution in [1.82, 2.24) is 29.3 Å². The van der Waals surface area contributed by atoms with E-state index >= 15 is 0 Å². The van der Waals surface area contributed by atoms with E-state index in [0.29, 0.717) is 18.0 Å². The van der Waals surface area contributed by atoms with Gasteiger partial charge in [0.15, 0.2) is 11.6 Å². The van der Waals surface area contributed by atoms with E-state index < -0.39 is 0 Å². The van der Waals surface area contributed by atoms with Crippen LogP contribution in [0, 0.1) is 13.8 Å². The molecule has 0 unspecified atom stereocenters. The Balaban J connectivity index is 0.00000192. The molecule has 1 aromatic carbocycles. The summed E-state index contributed by atoms with van der Waals surface area (Å²) in [6, 6.07) is 11.8. The molecule has 0 fully saturated rings. The van der Waals surface area contributed by atoms with Crippen LogP contribution < -0.4 is 0 Å². The van der Waals surface area contributed by atoms with Crippen molar-refractivity contribution in [3.8, 4) is 17.1 Å². The third-order valence-electron chi connectivity index (χ3n) is 4.83. The van der Waals surface area contributed by atoms with Crippen molar-refractivity contribution in [2.24, 2.45) is 0 Å². The zero-order chi connectivity index (χ0) is 18.5. The van der Waals surface area contributed by atoms with Crippen molar-refractivity contribution in [3.63, 3.8) is 0 Å². The minimum Gasteiger partial charge on any atom is -0.300 e. The van der Waals surface area contributed by atoms with Gasteiger partial charge in [0.25, 0.3) is 0 Å². The van der Waals surface area contributed by atoms with Gasteiger partial charge in [0.1, 0.15) is 0 Å². The molecule has 0 N–H and O–H groups in total. The molecule has 5 rings (SSSR count). The van der Waals surface area contributed by atoms with Gasteiger partial charge in [-0.25, -0.2) is 14.6 Å². The number of rotatable bonds is 2. The molecule has 4 heterocycles. The molecule has 8 heteroatoms. The van der Waals surface area contributed by atoms with Crippen molar-refractivity contribution in [1.29, 1.82) is 0 Å². The average Bonchev–Trinajstić information content (AvgIpc) is 3.16. The Morgan fingerprint density at radius 3 is 2.79 bits per heavy atom. The van der Waals surface area contributed by atoms with E-state index in [9.17, 15) is 0 Å². The number of aromatic nitrogens is 6. The van der Waals surface area contributed by atoms with E-state index in [1.54, 1.807) is 0 Å². The summed E-state index contributed by atoms with van der Waals surface area (Å²) in [5.41, 5.74) is 6.01. The Hall–Kier alpha value is -2.70. The predicted molar refractivity (Wildman–Crippen MR) is 110 cm³/mol. The number of benzene rings is 1. The maximum atomic E-state index is 6.29. The van der Waals surface area contributed by atoms with Crippen LogP contribution in [0.15, 0.2) is 42.7 Å². The van der Waals surface area contributed by atoms with Gasteiger partial charge in [-0.15, -0.1) is 12.4 Å². The van der Waals surface area contributed by atoms with Crippen LogP contribution in [0.4, 0.5) is 0 Å². The molecule has 0 saturated heterocycles. The van der Waals surface area contributed by atoms with Crippen LogP contribution in [0.2, 0.25) is 5.02 Å². The molecule has 0 spiro atoms. The lowest BCUT2D eigenvalue weighted by molar-refractivity contribution is 0.663. The van der Waals surface area contributed by atoms with Gasteiger partial charge < -0.3 is 4.57 Å². The lowest BCUT2D eigenvalue weighted by Gasteiger charge is -2.08. The standard InChI is InChI=1S/C20H17ClN6.ClH/c1-12-4-3-5-15(23-12)9-19-24-20-16-8-14(21)6-7-17(16)26-11-22-13(2)18(26)10-27(20)25-19;/h3-8,11H,9-10H2,1-2H3;1H. The molecule has 4 aromatic rings. The van der Waals surface area contributed by atoms with Crippen LogP contribution in [-0.4, -0.2) is 29.3 Å². The van der Waals surface area contributed by atoms with Crippen molar-refractivity contribution in [3.05, 3.63) is 76.3 Å². The topological polar surface area (TPSA) is 61.4 Å². The van der Waals surface area contributed by atoms with E-state index in [2.05, 4.69) is 14.5 Å². The zero-order valence-corrected chi connectivity index (χ0v) is 17.0. The van der Waals surface area contributed by atoms with Gasteiger partial charge in [-0.2, -0.15) is 5.10 Å². The molecule has 0 bridgehead atoms. The second-order valence-corrected chi connectivity index (χ2v) is 7.20. The number of halogens is 2. The fourth-order valence-electron chi connectivity index (χ4n) is 3.53. The third kappa shape index (κ3) is 3.08. The summed E-state index contributed by atoms with van der Waals surface area (Å²) in [5.74, 6) is 1.57. The molecule has 0 saturated carbocycles. The highest BCUT2D eigenvalue weighted by Crippen LogP contribution is 2.33. The molecule has 28 heavy (non-hydrogen) atoms. The average molecular weight is 413 g/mol. The van der Waals surface area contributed by atoms with Gasteiger partial charge in [0.05, 0.1) is 36.4 Å². The minimum atomic E-state index is 0. The molecule has 6 nitrogen and oxygen atoms in total. The smallest absolute Gasteiger partial charge is 0.160 e. The summed E-state index contributed by atoms with van der Waals surface area (Å²) in [6.45, 7) is 4.62. The summed E-state index contributed by atoms with van der Waals surface area (Å²) in [5, 5.41) is 5.44. The Bertz CT molecular complexity index is 1180. The van der Waals surface area contributed by atoms with Crippen LogP contribution in [-0.2, 0) is 13.0 Å². The van der Waals surface area contributed by atoms with E-state index in [-0.39, 0.29) is 12.4 Å². The van der Waals surface area contributed by atoms with Gasteiger partial charge in [0, 0.05) is 22.0 Å². The number of aryl methyl sites for hydroxylation is 2. The van der Waals surface area contributed by atoms with E-state index in [1.807, 2.05) is 61.3 Å². The fourth-order valence-corrected chi connectivity index (χ4v) is 3.71. The number of nitrogens with zero attached hydrogens (tertiary/aromatic N) is 6. The van der Waals surface area contributed by atoms with Crippen LogP contribution in [0.3, 0.4) is 0 Å². The highest BCUT2D eigenvalue weighted by molar-refractivity contribution is 6.31. The summed E-state index contributed by atoms with van der Waals surface area (Å²) in [7, 11) is 0. The van der Waals surface area contributed by atoms with Gasteiger partial charge in [-0.3, -0.25) is 4.98 Å². The van der Waals surface area contributed by atoms with Crippen LogP contribution in [0.5, 0.6) is 0 Å². The summed E-state index contributed by atoms with van der Waals surface area (Å²) >= 11 is 6.29. The van der Waals surface area contributed by atoms with Crippen molar-refractivity contribution in [2.75, 3.05) is 0 Å². The summed E-state index contributed by atoms with van der Waals surface area (Å²) in [4.78, 5) is 13.9. The molecular formula is C20H18Cl2N6. The molecule has 0 atom stereocenters. The first kappa shape index (κ1) is 18.7. The molecule has 0 amide bonds. The maximum Gasteiger partial charge on any atom is 0.160 e.